The van der Waals surface area contributed by atoms with E-state index < -0.39 is 6.10 Å². The highest BCUT2D eigenvalue weighted by atomic mass is 35.5. The smallest absolute Gasteiger partial charge is 0.227 e. The summed E-state index contributed by atoms with van der Waals surface area (Å²) < 4.78 is 7.80. The van der Waals surface area contributed by atoms with E-state index in [2.05, 4.69) is 16.9 Å². The number of nitrogens with one attached hydrogen (secondary N) is 1. The number of halogens is 1. The summed E-state index contributed by atoms with van der Waals surface area (Å²) >= 11 is 5.93. The Morgan fingerprint density at radius 2 is 1.86 bits per heavy atom. The molecule has 2 N–H and O–H groups in total. The molecule has 1 atom stereocenters. The van der Waals surface area contributed by atoms with E-state index in [-0.39, 0.29) is 25.5 Å². The highest BCUT2D eigenvalue weighted by Crippen LogP contribution is 2.20. The van der Waals surface area contributed by atoms with Gasteiger partial charge in [0.15, 0.2) is 0 Å². The number of imidazole rings is 1. The third-order valence-corrected chi connectivity index (χ3v) is 5.87. The molecule has 0 bridgehead atoms. The number of aliphatic hydroxyl groups excluding tert-OH is 1. The van der Waals surface area contributed by atoms with Crippen LogP contribution in [0.4, 0.5) is 0 Å². The summed E-state index contributed by atoms with van der Waals surface area (Å²) in [4.78, 5) is 17.3. The largest absolute Gasteiger partial charge is 0.491 e. The molecule has 0 saturated heterocycles. The van der Waals surface area contributed by atoms with E-state index in [1.54, 1.807) is 12.1 Å². The first-order chi connectivity index (χ1) is 17.0. The number of para-hydroxylation sites is 3. The van der Waals surface area contributed by atoms with Crippen molar-refractivity contribution in [3.8, 4) is 5.75 Å². The molecule has 7 heteroatoms. The topological polar surface area (TPSA) is 76.4 Å². The van der Waals surface area contributed by atoms with Gasteiger partial charge < -0.3 is 19.7 Å². The van der Waals surface area contributed by atoms with Crippen LogP contribution in [0, 0.1) is 0 Å². The maximum atomic E-state index is 12.7. The molecular formula is C28H28ClN3O3. The molecule has 0 aliphatic heterocycles. The Kier molecular flexibility index (Phi) is 8.19. The summed E-state index contributed by atoms with van der Waals surface area (Å²) in [7, 11) is 0. The molecule has 4 rings (SSSR count). The summed E-state index contributed by atoms with van der Waals surface area (Å²) in [5.41, 5.74) is 3.61. The molecule has 1 aromatic heterocycles. The summed E-state index contributed by atoms with van der Waals surface area (Å²) in [5.74, 6) is 1.16. The molecular weight excluding hydrogens is 462 g/mol. The maximum Gasteiger partial charge on any atom is 0.227 e. The summed E-state index contributed by atoms with van der Waals surface area (Å²) in [6, 6.07) is 22.7. The standard InChI is InChI=1S/C28H28ClN3O3/c1-2-7-21-8-3-6-11-26(21)35-19-23(33)18-32-25-10-5-4-9-24(25)31-27(32)16-28(34)30-17-20-12-14-22(29)15-13-20/h2-6,8-15,23,33H,1,7,16-19H2,(H,30,34). The summed E-state index contributed by atoms with van der Waals surface area (Å²) in [5, 5.41) is 14.4. The van der Waals surface area contributed by atoms with E-state index in [9.17, 15) is 9.90 Å². The van der Waals surface area contributed by atoms with Gasteiger partial charge in [0.05, 0.1) is 24.0 Å². The first-order valence-electron chi connectivity index (χ1n) is 11.5. The van der Waals surface area contributed by atoms with Crippen LogP contribution in [-0.2, 0) is 30.7 Å². The molecule has 1 amide bonds. The fourth-order valence-electron chi connectivity index (χ4n) is 3.89. The summed E-state index contributed by atoms with van der Waals surface area (Å²) in [6.45, 7) is 4.55. The lowest BCUT2D eigenvalue weighted by Gasteiger charge is -2.17. The number of aromatic nitrogens is 2. The van der Waals surface area contributed by atoms with E-state index in [1.807, 2.05) is 71.3 Å². The van der Waals surface area contributed by atoms with E-state index >= 15 is 0 Å². The molecule has 0 radical (unpaired) electrons. The van der Waals surface area contributed by atoms with Gasteiger partial charge in [-0.2, -0.15) is 0 Å². The van der Waals surface area contributed by atoms with Crippen molar-refractivity contribution in [2.45, 2.75) is 32.0 Å². The van der Waals surface area contributed by atoms with E-state index in [4.69, 9.17) is 16.3 Å². The number of nitrogens with zero attached hydrogens (tertiary/aromatic N) is 2. The van der Waals surface area contributed by atoms with Crippen molar-refractivity contribution >= 4 is 28.5 Å². The number of rotatable bonds is 11. The Labute approximate surface area is 209 Å². The summed E-state index contributed by atoms with van der Waals surface area (Å²) in [6.07, 6.45) is 1.81. The average molecular weight is 490 g/mol. The number of allylic oxidation sites excluding steroid dienone is 1. The van der Waals surface area contributed by atoms with Gasteiger partial charge in [0.1, 0.15) is 24.3 Å². The zero-order valence-electron chi connectivity index (χ0n) is 19.4. The van der Waals surface area contributed by atoms with Crippen LogP contribution in [0.15, 0.2) is 85.5 Å². The lowest BCUT2D eigenvalue weighted by Crippen LogP contribution is -2.28. The molecule has 0 aliphatic carbocycles. The fraction of sp³-hybridized carbons (Fsp3) is 0.214. The van der Waals surface area contributed by atoms with Crippen molar-refractivity contribution in [3.05, 3.63) is 107 Å². The highest BCUT2D eigenvalue weighted by Gasteiger charge is 2.17. The molecule has 0 saturated carbocycles. The van der Waals surface area contributed by atoms with Crippen LogP contribution >= 0.6 is 11.6 Å². The van der Waals surface area contributed by atoms with Crippen LogP contribution in [0.1, 0.15) is 17.0 Å². The van der Waals surface area contributed by atoms with Crippen molar-refractivity contribution < 1.29 is 14.6 Å². The van der Waals surface area contributed by atoms with Crippen LogP contribution in [-0.4, -0.2) is 33.3 Å². The lowest BCUT2D eigenvalue weighted by atomic mass is 10.1. The maximum absolute atomic E-state index is 12.7. The quantitative estimate of drug-likeness (QED) is 0.299. The second-order valence-corrected chi connectivity index (χ2v) is 8.71. The first-order valence-corrected chi connectivity index (χ1v) is 11.9. The molecule has 4 aromatic rings. The van der Waals surface area contributed by atoms with E-state index in [1.165, 1.54) is 0 Å². The van der Waals surface area contributed by atoms with Gasteiger partial charge in [-0.3, -0.25) is 4.79 Å². The van der Waals surface area contributed by atoms with Crippen molar-refractivity contribution in [1.29, 1.82) is 0 Å². The Balaban J connectivity index is 1.43. The van der Waals surface area contributed by atoms with Gasteiger partial charge in [0.25, 0.3) is 0 Å². The molecule has 1 heterocycles. The van der Waals surface area contributed by atoms with Crippen molar-refractivity contribution in [2.24, 2.45) is 0 Å². The third-order valence-electron chi connectivity index (χ3n) is 5.62. The number of carbonyl (C=O) groups excluding carboxylic acids is 1. The van der Waals surface area contributed by atoms with Gasteiger partial charge in [-0.25, -0.2) is 4.98 Å². The lowest BCUT2D eigenvalue weighted by molar-refractivity contribution is -0.120. The Hall–Kier alpha value is -3.61. The minimum absolute atomic E-state index is 0.0953. The van der Waals surface area contributed by atoms with Crippen LogP contribution in [0.3, 0.4) is 0 Å². The van der Waals surface area contributed by atoms with Crippen LogP contribution in [0.2, 0.25) is 5.02 Å². The van der Waals surface area contributed by atoms with E-state index in [0.717, 1.165) is 27.9 Å². The van der Waals surface area contributed by atoms with Gasteiger partial charge >= 0.3 is 0 Å². The Morgan fingerprint density at radius 1 is 1.11 bits per heavy atom. The number of hydrogen-bond donors (Lipinski definition) is 2. The molecule has 0 aliphatic rings. The van der Waals surface area contributed by atoms with Gasteiger partial charge in [-0.15, -0.1) is 6.58 Å². The SMILES string of the molecule is C=CCc1ccccc1OCC(O)Cn1c(CC(=O)NCc2ccc(Cl)cc2)nc2ccccc21. The van der Waals surface area contributed by atoms with Crippen LogP contribution in [0.5, 0.6) is 5.75 Å². The predicted octanol–water partition coefficient (Wildman–Crippen LogP) is 4.72. The monoisotopic (exact) mass is 489 g/mol. The number of ether oxygens (including phenoxy) is 1. The predicted molar refractivity (Wildman–Crippen MR) is 139 cm³/mol. The molecule has 180 valence electrons. The number of amides is 1. The minimum Gasteiger partial charge on any atom is -0.491 e. The molecule has 6 nitrogen and oxygen atoms in total. The third kappa shape index (κ3) is 6.50. The van der Waals surface area contributed by atoms with Gasteiger partial charge in [0, 0.05) is 11.6 Å². The molecule has 3 aromatic carbocycles. The number of benzene rings is 3. The Morgan fingerprint density at radius 3 is 2.66 bits per heavy atom. The Bertz CT molecular complexity index is 1300. The first kappa shape index (κ1) is 24.5. The zero-order chi connectivity index (χ0) is 24.6. The minimum atomic E-state index is -0.791. The van der Waals surface area contributed by atoms with Gasteiger partial charge in [-0.05, 0) is 47.9 Å². The van der Waals surface area contributed by atoms with Crippen LogP contribution < -0.4 is 10.1 Å². The zero-order valence-corrected chi connectivity index (χ0v) is 20.1. The van der Waals surface area contributed by atoms with Crippen molar-refractivity contribution in [3.63, 3.8) is 0 Å². The second kappa shape index (κ2) is 11.7. The van der Waals surface area contributed by atoms with Crippen LogP contribution in [0.25, 0.3) is 11.0 Å². The van der Waals surface area contributed by atoms with Gasteiger partial charge in [-0.1, -0.05) is 60.1 Å². The van der Waals surface area contributed by atoms with Gasteiger partial charge in [0.2, 0.25) is 5.91 Å². The number of hydrogen-bond acceptors (Lipinski definition) is 4. The highest BCUT2D eigenvalue weighted by molar-refractivity contribution is 6.30. The number of carbonyl (C=O) groups is 1. The van der Waals surface area contributed by atoms with E-state index in [0.29, 0.717) is 23.8 Å². The van der Waals surface area contributed by atoms with Crippen molar-refractivity contribution in [1.82, 2.24) is 14.9 Å². The molecule has 1 unspecified atom stereocenters. The van der Waals surface area contributed by atoms with Crippen molar-refractivity contribution in [2.75, 3.05) is 6.61 Å². The number of aliphatic hydroxyl groups is 1. The normalized spacial score (nSPS) is 11.8. The molecule has 0 fully saturated rings. The second-order valence-electron chi connectivity index (χ2n) is 8.27. The average Bonchev–Trinajstić information content (AvgIpc) is 3.20. The molecule has 0 spiro atoms. The molecule has 35 heavy (non-hydrogen) atoms. The number of fused-ring (bicyclic) bond motifs is 1. The fourth-order valence-corrected chi connectivity index (χ4v) is 4.02.